The highest BCUT2D eigenvalue weighted by Gasteiger charge is 2.12. The molecule has 0 aliphatic heterocycles. The van der Waals surface area contributed by atoms with E-state index in [1.807, 2.05) is 0 Å². The van der Waals surface area contributed by atoms with E-state index in [9.17, 15) is 9.90 Å². The Morgan fingerprint density at radius 2 is 2.09 bits per heavy atom. The van der Waals surface area contributed by atoms with E-state index in [0.717, 1.165) is 5.56 Å². The summed E-state index contributed by atoms with van der Waals surface area (Å²) in [7, 11) is 0. The molecule has 116 valence electrons. The molecule has 23 heavy (non-hydrogen) atoms. The third-order valence-electron chi connectivity index (χ3n) is 3.21. The fourth-order valence-corrected chi connectivity index (χ4v) is 1.96. The van der Waals surface area contributed by atoms with Crippen molar-refractivity contribution in [3.8, 4) is 17.2 Å². The summed E-state index contributed by atoms with van der Waals surface area (Å²) in [5.41, 5.74) is 4.67. The summed E-state index contributed by atoms with van der Waals surface area (Å²) in [6.45, 7) is 1.76. The predicted molar refractivity (Wildman–Crippen MR) is 84.1 cm³/mol. The third-order valence-corrected chi connectivity index (χ3v) is 3.21. The molecular formula is C16H14N4O3. The zero-order valence-corrected chi connectivity index (χ0v) is 12.3. The number of hydrogen-bond acceptors (Lipinski definition) is 5. The van der Waals surface area contributed by atoms with Gasteiger partial charge in [0.1, 0.15) is 11.4 Å². The number of rotatable bonds is 4. The number of hydrazone groups is 1. The van der Waals surface area contributed by atoms with Crippen molar-refractivity contribution in [1.29, 1.82) is 0 Å². The van der Waals surface area contributed by atoms with Crippen LogP contribution in [-0.2, 0) is 0 Å². The quantitative estimate of drug-likeness (QED) is 0.509. The Morgan fingerprint density at radius 1 is 1.30 bits per heavy atom. The van der Waals surface area contributed by atoms with Gasteiger partial charge in [0.15, 0.2) is 11.5 Å². The molecule has 7 heteroatoms. The first kappa shape index (κ1) is 14.6. The fraction of sp³-hybridized carbons (Fsp3) is 0.0625. The molecule has 1 amide bonds. The number of benzene rings is 1. The van der Waals surface area contributed by atoms with Crippen molar-refractivity contribution in [2.24, 2.45) is 5.10 Å². The Bertz CT molecular complexity index is 833. The summed E-state index contributed by atoms with van der Waals surface area (Å²) in [5, 5.41) is 20.0. The molecule has 7 nitrogen and oxygen atoms in total. The summed E-state index contributed by atoms with van der Waals surface area (Å²) >= 11 is 0. The van der Waals surface area contributed by atoms with Crippen LogP contribution >= 0.6 is 0 Å². The Morgan fingerprint density at radius 3 is 2.78 bits per heavy atom. The Labute approximate surface area is 131 Å². The van der Waals surface area contributed by atoms with Gasteiger partial charge in [-0.05, 0) is 48.9 Å². The van der Waals surface area contributed by atoms with E-state index in [1.54, 1.807) is 55.7 Å². The van der Waals surface area contributed by atoms with Crippen molar-refractivity contribution in [2.75, 3.05) is 0 Å². The third kappa shape index (κ3) is 3.29. The molecule has 0 saturated carbocycles. The lowest BCUT2D eigenvalue weighted by atomic mass is 10.1. The Hall–Kier alpha value is -3.35. The van der Waals surface area contributed by atoms with Crippen molar-refractivity contribution in [2.45, 2.75) is 6.92 Å². The average molecular weight is 310 g/mol. The number of aromatic amines is 1. The van der Waals surface area contributed by atoms with Crippen LogP contribution in [0.5, 0.6) is 5.75 Å². The molecule has 2 heterocycles. The van der Waals surface area contributed by atoms with Crippen LogP contribution in [0, 0.1) is 0 Å². The molecule has 0 aliphatic rings. The Kier molecular flexibility index (Phi) is 3.92. The monoisotopic (exact) mass is 310 g/mol. The minimum Gasteiger partial charge on any atom is -0.508 e. The van der Waals surface area contributed by atoms with Gasteiger partial charge in [0.05, 0.1) is 12.0 Å². The lowest BCUT2D eigenvalue weighted by Crippen LogP contribution is -2.19. The predicted octanol–water partition coefficient (Wildman–Crippen LogP) is 2.53. The maximum absolute atomic E-state index is 12.0. The van der Waals surface area contributed by atoms with Crippen molar-refractivity contribution in [3.05, 3.63) is 60.0 Å². The zero-order chi connectivity index (χ0) is 16.2. The molecule has 1 aromatic carbocycles. The smallest absolute Gasteiger partial charge is 0.291 e. The minimum atomic E-state index is -0.433. The average Bonchev–Trinajstić information content (AvgIpc) is 3.23. The van der Waals surface area contributed by atoms with Crippen molar-refractivity contribution >= 4 is 11.6 Å². The molecule has 3 N–H and O–H groups in total. The van der Waals surface area contributed by atoms with Crippen LogP contribution in [0.15, 0.2) is 58.2 Å². The standard InChI is InChI=1S/C16H14N4O3/c1-10(11-4-6-12(21)7-5-11)17-20-16(22)14-9-13(18-19-14)15-3-2-8-23-15/h2-9,21H,1H3,(H,18,19)(H,20,22)/b17-10+. The number of carbonyl (C=O) groups excluding carboxylic acids is 1. The molecule has 0 spiro atoms. The van der Waals surface area contributed by atoms with E-state index >= 15 is 0 Å². The van der Waals surface area contributed by atoms with E-state index < -0.39 is 5.91 Å². The van der Waals surface area contributed by atoms with Gasteiger partial charge >= 0.3 is 0 Å². The molecule has 0 saturated heterocycles. The van der Waals surface area contributed by atoms with E-state index in [2.05, 4.69) is 20.7 Å². The Balaban J connectivity index is 1.69. The molecule has 3 rings (SSSR count). The number of carbonyl (C=O) groups is 1. The van der Waals surface area contributed by atoms with Crippen LogP contribution < -0.4 is 5.43 Å². The van der Waals surface area contributed by atoms with E-state index in [1.165, 1.54) is 0 Å². The van der Waals surface area contributed by atoms with Gasteiger partial charge in [0.25, 0.3) is 5.91 Å². The molecule has 0 atom stereocenters. The van der Waals surface area contributed by atoms with E-state index in [-0.39, 0.29) is 11.4 Å². The van der Waals surface area contributed by atoms with E-state index in [0.29, 0.717) is 17.2 Å². The van der Waals surface area contributed by atoms with Crippen LogP contribution in [0.25, 0.3) is 11.5 Å². The number of H-pyrrole nitrogens is 1. The number of furan rings is 1. The molecule has 2 aromatic heterocycles. The number of phenolic OH excluding ortho intramolecular Hbond substituents is 1. The highest BCUT2D eigenvalue weighted by molar-refractivity contribution is 6.00. The lowest BCUT2D eigenvalue weighted by Gasteiger charge is -2.01. The topological polar surface area (TPSA) is 104 Å². The molecule has 0 bridgehead atoms. The van der Waals surface area contributed by atoms with Crippen LogP contribution in [0.3, 0.4) is 0 Å². The SMILES string of the molecule is C/C(=N\NC(=O)c1cc(-c2ccco2)[nH]n1)c1ccc(O)cc1. The van der Waals surface area contributed by atoms with Crippen LogP contribution in [-0.4, -0.2) is 26.9 Å². The van der Waals surface area contributed by atoms with Gasteiger partial charge < -0.3 is 9.52 Å². The van der Waals surface area contributed by atoms with Crippen molar-refractivity contribution < 1.29 is 14.3 Å². The fourth-order valence-electron chi connectivity index (χ4n) is 1.96. The number of amides is 1. The number of aromatic hydroxyl groups is 1. The lowest BCUT2D eigenvalue weighted by molar-refractivity contribution is 0.0950. The number of aromatic nitrogens is 2. The highest BCUT2D eigenvalue weighted by atomic mass is 16.3. The van der Waals surface area contributed by atoms with Gasteiger partial charge in [-0.2, -0.15) is 10.2 Å². The normalized spacial score (nSPS) is 11.4. The summed E-state index contributed by atoms with van der Waals surface area (Å²) in [6.07, 6.45) is 1.54. The molecule has 0 aliphatic carbocycles. The van der Waals surface area contributed by atoms with Crippen LogP contribution in [0.1, 0.15) is 23.0 Å². The molecule has 3 aromatic rings. The van der Waals surface area contributed by atoms with Gasteiger partial charge in [-0.15, -0.1) is 0 Å². The van der Waals surface area contributed by atoms with Gasteiger partial charge in [-0.1, -0.05) is 0 Å². The summed E-state index contributed by atoms with van der Waals surface area (Å²) in [6, 6.07) is 11.6. The van der Waals surface area contributed by atoms with Crippen LogP contribution in [0.4, 0.5) is 0 Å². The van der Waals surface area contributed by atoms with Gasteiger partial charge in [0.2, 0.25) is 0 Å². The molecular weight excluding hydrogens is 296 g/mol. The van der Waals surface area contributed by atoms with Crippen molar-refractivity contribution in [1.82, 2.24) is 15.6 Å². The first-order valence-corrected chi connectivity index (χ1v) is 6.87. The second-order valence-corrected chi connectivity index (χ2v) is 4.83. The summed E-state index contributed by atoms with van der Waals surface area (Å²) in [4.78, 5) is 12.0. The first-order valence-electron chi connectivity index (χ1n) is 6.87. The zero-order valence-electron chi connectivity index (χ0n) is 12.3. The van der Waals surface area contributed by atoms with Crippen LogP contribution in [0.2, 0.25) is 0 Å². The van der Waals surface area contributed by atoms with Gasteiger partial charge in [-0.3, -0.25) is 9.89 Å². The molecule has 0 fully saturated rings. The summed E-state index contributed by atoms with van der Waals surface area (Å²) < 4.78 is 5.23. The molecule has 0 unspecified atom stereocenters. The van der Waals surface area contributed by atoms with Gasteiger partial charge in [-0.25, -0.2) is 5.43 Å². The van der Waals surface area contributed by atoms with Crippen molar-refractivity contribution in [3.63, 3.8) is 0 Å². The maximum atomic E-state index is 12.0. The second-order valence-electron chi connectivity index (χ2n) is 4.83. The van der Waals surface area contributed by atoms with E-state index in [4.69, 9.17) is 4.42 Å². The largest absolute Gasteiger partial charge is 0.508 e. The van der Waals surface area contributed by atoms with Gasteiger partial charge in [0, 0.05) is 6.07 Å². The number of nitrogens with zero attached hydrogens (tertiary/aromatic N) is 2. The second kappa shape index (κ2) is 6.18. The number of hydrogen-bond donors (Lipinski definition) is 3. The maximum Gasteiger partial charge on any atom is 0.291 e. The molecule has 0 radical (unpaired) electrons. The number of phenols is 1. The number of nitrogens with one attached hydrogen (secondary N) is 2. The minimum absolute atomic E-state index is 0.174. The first-order chi connectivity index (χ1) is 11.1. The summed E-state index contributed by atoms with van der Waals surface area (Å²) in [5.74, 6) is 0.338. The highest BCUT2D eigenvalue weighted by Crippen LogP contribution is 2.17.